The summed E-state index contributed by atoms with van der Waals surface area (Å²) < 4.78 is 25.7. The number of benzene rings is 2. The second kappa shape index (κ2) is 12.2. The van der Waals surface area contributed by atoms with Crippen molar-refractivity contribution in [2.45, 2.75) is 144 Å². The summed E-state index contributed by atoms with van der Waals surface area (Å²) in [6.07, 6.45) is 0.329. The fourth-order valence-electron chi connectivity index (χ4n) is 5.01. The van der Waals surface area contributed by atoms with Crippen LogP contribution < -0.4 is 0 Å². The molecule has 0 amide bonds. The molecule has 0 aromatic heterocycles. The van der Waals surface area contributed by atoms with Crippen molar-refractivity contribution in [1.29, 1.82) is 0 Å². The number of phenols is 2. The molecule has 0 aliphatic heterocycles. The fourth-order valence-corrected chi connectivity index (χ4v) is 6.13. The second-order valence-corrected chi connectivity index (χ2v) is 16.2. The van der Waals surface area contributed by atoms with Crippen molar-refractivity contribution in [2.24, 2.45) is 0 Å². The van der Waals surface area contributed by atoms with E-state index in [0.717, 1.165) is 33.4 Å². The van der Waals surface area contributed by atoms with Gasteiger partial charge in [0.25, 0.3) is 0 Å². The van der Waals surface area contributed by atoms with Crippen molar-refractivity contribution in [1.82, 2.24) is 0 Å². The van der Waals surface area contributed by atoms with Gasteiger partial charge in [0.15, 0.2) is 0 Å². The van der Waals surface area contributed by atoms with Crippen LogP contribution >= 0.6 is 8.25 Å². The largest absolute Gasteiger partial charge is 0.507 e. The van der Waals surface area contributed by atoms with Gasteiger partial charge in [-0.05, 0) is 92.1 Å². The van der Waals surface area contributed by atoms with Crippen LogP contribution in [0.2, 0.25) is 0 Å². The zero-order chi connectivity index (χ0) is 31.0. The maximum atomic E-state index is 13.4. The molecule has 0 bridgehead atoms. The van der Waals surface area contributed by atoms with Crippen LogP contribution in [0.1, 0.15) is 155 Å². The van der Waals surface area contributed by atoms with E-state index in [2.05, 4.69) is 83.1 Å². The van der Waals surface area contributed by atoms with Crippen LogP contribution in [0.25, 0.3) is 0 Å². The summed E-state index contributed by atoms with van der Waals surface area (Å²) in [5.41, 5.74) is 4.05. The summed E-state index contributed by atoms with van der Waals surface area (Å²) in [7, 11) is -2.89. The molecule has 226 valence electrons. The first-order valence-electron chi connectivity index (χ1n) is 14.6. The maximum Gasteiger partial charge on any atom is 0.320 e. The highest BCUT2D eigenvalue weighted by molar-refractivity contribution is 7.33. The molecule has 40 heavy (non-hydrogen) atoms. The third kappa shape index (κ3) is 8.14. The quantitative estimate of drug-likeness (QED) is 0.307. The predicted octanol–water partition coefficient (Wildman–Crippen LogP) is 10.3. The van der Waals surface area contributed by atoms with Gasteiger partial charge in [-0.15, -0.1) is 0 Å². The van der Waals surface area contributed by atoms with E-state index in [1.807, 2.05) is 38.1 Å². The smallest absolute Gasteiger partial charge is 0.320 e. The lowest BCUT2D eigenvalue weighted by Crippen LogP contribution is -2.19. The lowest BCUT2D eigenvalue weighted by atomic mass is 9.78. The molecule has 0 aliphatic carbocycles. The molecule has 0 spiro atoms. The van der Waals surface area contributed by atoms with Gasteiger partial charge in [-0.25, -0.2) is 0 Å². The van der Waals surface area contributed by atoms with Crippen LogP contribution in [0.4, 0.5) is 0 Å². The Hall–Kier alpha value is -1.81. The SMILES string of the molecule is CCC(O[PH](=O)OC(CC)c1cc(C(C)(C)C)c(O)c(C(C)(C)C)c1)c1cc(C(C)(C)C)c(O)c(C(C)(C)C)c1. The zero-order valence-electron chi connectivity index (χ0n) is 27.5. The average molecular weight is 575 g/mol. The Labute approximate surface area is 244 Å². The van der Waals surface area contributed by atoms with Gasteiger partial charge >= 0.3 is 8.25 Å². The number of hydrogen-bond donors (Lipinski definition) is 2. The minimum atomic E-state index is -2.89. The standard InChI is InChI=1S/C34H55O5P/c1-15-27(21-17-23(31(3,4)5)29(35)24(18-21)32(6,7)8)38-40(37)39-28(16-2)22-19-25(33(9,10)11)30(36)26(20-22)34(12,13)14/h17-20,27-28,35-36,40H,15-16H2,1-14H3. The highest BCUT2D eigenvalue weighted by Gasteiger charge is 2.31. The number of aromatic hydroxyl groups is 2. The molecule has 0 radical (unpaired) electrons. The summed E-state index contributed by atoms with van der Waals surface area (Å²) in [6, 6.07) is 7.93. The topological polar surface area (TPSA) is 76.0 Å². The Kier molecular flexibility index (Phi) is 10.5. The monoisotopic (exact) mass is 574 g/mol. The van der Waals surface area contributed by atoms with E-state index in [1.54, 1.807) is 0 Å². The summed E-state index contributed by atoms with van der Waals surface area (Å²) in [5, 5.41) is 22.3. The van der Waals surface area contributed by atoms with Crippen LogP contribution in [-0.4, -0.2) is 10.2 Å². The van der Waals surface area contributed by atoms with E-state index in [-0.39, 0.29) is 21.7 Å². The normalized spacial score (nSPS) is 15.7. The Morgan fingerprint density at radius 2 is 0.800 bits per heavy atom. The first-order chi connectivity index (χ1) is 18.0. The van der Waals surface area contributed by atoms with Crippen LogP contribution in [0.3, 0.4) is 0 Å². The van der Waals surface area contributed by atoms with Crippen molar-refractivity contribution in [3.8, 4) is 11.5 Å². The summed E-state index contributed by atoms with van der Waals surface area (Å²) in [4.78, 5) is 0. The van der Waals surface area contributed by atoms with Crippen molar-refractivity contribution >= 4 is 8.25 Å². The first kappa shape index (κ1) is 34.4. The minimum absolute atomic E-state index is 0.276. The number of rotatable bonds is 8. The van der Waals surface area contributed by atoms with E-state index in [1.165, 1.54) is 0 Å². The lowest BCUT2D eigenvalue weighted by molar-refractivity contribution is 0.125. The third-order valence-corrected chi connectivity index (χ3v) is 8.41. The van der Waals surface area contributed by atoms with Gasteiger partial charge in [-0.3, -0.25) is 4.57 Å². The van der Waals surface area contributed by atoms with E-state index in [0.29, 0.717) is 24.3 Å². The average Bonchev–Trinajstić information content (AvgIpc) is 2.78. The van der Waals surface area contributed by atoms with Crippen LogP contribution in [0, 0.1) is 0 Å². The summed E-state index contributed by atoms with van der Waals surface area (Å²) in [6.45, 7) is 28.9. The highest BCUT2D eigenvalue weighted by atomic mass is 31.1. The molecule has 0 saturated heterocycles. The molecule has 2 N–H and O–H groups in total. The fraction of sp³-hybridized carbons (Fsp3) is 0.647. The van der Waals surface area contributed by atoms with Crippen molar-refractivity contribution in [3.63, 3.8) is 0 Å². The molecule has 0 fully saturated rings. The van der Waals surface area contributed by atoms with Crippen molar-refractivity contribution in [2.75, 3.05) is 0 Å². The molecule has 2 atom stereocenters. The summed E-state index contributed by atoms with van der Waals surface area (Å²) >= 11 is 0. The van der Waals surface area contributed by atoms with Crippen molar-refractivity contribution in [3.05, 3.63) is 57.6 Å². The Balaban J connectivity index is 2.48. The zero-order valence-corrected chi connectivity index (χ0v) is 28.5. The van der Waals surface area contributed by atoms with E-state index in [4.69, 9.17) is 9.05 Å². The van der Waals surface area contributed by atoms with Crippen LogP contribution in [0.5, 0.6) is 11.5 Å². The van der Waals surface area contributed by atoms with Crippen LogP contribution in [0.15, 0.2) is 24.3 Å². The molecule has 0 aliphatic rings. The number of phenolic OH excluding ortho intramolecular Hbond substituents is 2. The van der Waals surface area contributed by atoms with Gasteiger partial charge in [0.2, 0.25) is 0 Å². The molecule has 2 aromatic carbocycles. The molecular formula is C34H55O5P. The Bertz CT molecular complexity index is 1040. The highest BCUT2D eigenvalue weighted by Crippen LogP contribution is 2.47. The minimum Gasteiger partial charge on any atom is -0.507 e. The van der Waals surface area contributed by atoms with Gasteiger partial charge in [-0.1, -0.05) is 96.9 Å². The third-order valence-electron chi connectivity index (χ3n) is 7.46. The molecule has 6 heteroatoms. The van der Waals surface area contributed by atoms with Gasteiger partial charge in [0, 0.05) is 0 Å². The maximum absolute atomic E-state index is 13.4. The molecular weight excluding hydrogens is 519 g/mol. The Morgan fingerprint density at radius 1 is 0.575 bits per heavy atom. The van der Waals surface area contributed by atoms with Crippen molar-refractivity contribution < 1.29 is 23.8 Å². The van der Waals surface area contributed by atoms with E-state index >= 15 is 0 Å². The first-order valence-corrected chi connectivity index (χ1v) is 15.9. The molecule has 5 nitrogen and oxygen atoms in total. The Morgan fingerprint density at radius 3 is 0.975 bits per heavy atom. The molecule has 2 unspecified atom stereocenters. The van der Waals surface area contributed by atoms with Gasteiger partial charge in [0.1, 0.15) is 11.5 Å². The molecule has 0 heterocycles. The summed E-state index contributed by atoms with van der Waals surface area (Å²) in [5.74, 6) is 0.621. The lowest BCUT2D eigenvalue weighted by Gasteiger charge is -2.30. The second-order valence-electron chi connectivity index (χ2n) is 15.2. The van der Waals surface area contributed by atoms with Gasteiger partial charge < -0.3 is 19.3 Å². The predicted molar refractivity (Wildman–Crippen MR) is 168 cm³/mol. The van der Waals surface area contributed by atoms with Crippen LogP contribution in [-0.2, 0) is 35.3 Å². The van der Waals surface area contributed by atoms with Gasteiger partial charge in [0.05, 0.1) is 12.2 Å². The van der Waals surface area contributed by atoms with E-state index in [9.17, 15) is 14.8 Å². The van der Waals surface area contributed by atoms with E-state index < -0.39 is 20.5 Å². The molecule has 2 rings (SSSR count). The molecule has 0 saturated carbocycles. The molecule has 2 aromatic rings. The number of hydrogen-bond acceptors (Lipinski definition) is 5. The van der Waals surface area contributed by atoms with Gasteiger partial charge in [-0.2, -0.15) is 0 Å².